The van der Waals surface area contributed by atoms with Gasteiger partial charge in [0.1, 0.15) is 17.2 Å². The number of imidazole rings is 1. The van der Waals surface area contributed by atoms with Gasteiger partial charge < -0.3 is 15.6 Å². The Balaban J connectivity index is 1.05. The molecule has 0 atom stereocenters. The summed E-state index contributed by atoms with van der Waals surface area (Å²) in [6.07, 6.45) is 7.33. The van der Waals surface area contributed by atoms with Crippen LogP contribution in [0, 0.1) is 5.92 Å². The number of carbonyl (C=O) groups is 1. The summed E-state index contributed by atoms with van der Waals surface area (Å²) in [6, 6.07) is 12.0. The van der Waals surface area contributed by atoms with Crippen LogP contribution in [0.4, 0.5) is 5.82 Å². The van der Waals surface area contributed by atoms with Crippen LogP contribution in [0.15, 0.2) is 52.2 Å². The summed E-state index contributed by atoms with van der Waals surface area (Å²) < 4.78 is 3.11. The summed E-state index contributed by atoms with van der Waals surface area (Å²) in [7, 11) is 0. The minimum atomic E-state index is -0.286. The molecule has 3 aliphatic rings. The van der Waals surface area contributed by atoms with E-state index in [0.29, 0.717) is 30.1 Å². The average Bonchev–Trinajstić information content (AvgIpc) is 3.78. The van der Waals surface area contributed by atoms with Gasteiger partial charge in [-0.2, -0.15) is 0 Å². The second-order valence-electron chi connectivity index (χ2n) is 10.7. The molecule has 3 heterocycles. The van der Waals surface area contributed by atoms with Crippen LogP contribution >= 0.6 is 0 Å². The van der Waals surface area contributed by atoms with E-state index in [1.54, 1.807) is 10.8 Å². The number of nitrogens with zero attached hydrogens (tertiary/aromatic N) is 4. The van der Waals surface area contributed by atoms with Crippen molar-refractivity contribution in [3.63, 3.8) is 0 Å². The molecule has 3 aliphatic carbocycles. The van der Waals surface area contributed by atoms with E-state index in [1.807, 2.05) is 36.4 Å². The van der Waals surface area contributed by atoms with E-state index in [9.17, 15) is 14.4 Å². The number of anilines is 1. The second kappa shape index (κ2) is 8.97. The monoisotopic (exact) mass is 511 g/mol. The normalized spacial score (nSPS) is 17.1. The molecule has 10 heteroatoms. The molecule has 0 bridgehead atoms. The zero-order valence-corrected chi connectivity index (χ0v) is 20.9. The number of pyridine rings is 1. The Morgan fingerprint density at radius 1 is 0.895 bits per heavy atom. The van der Waals surface area contributed by atoms with Crippen molar-refractivity contribution in [3.8, 4) is 11.4 Å². The number of rotatable bonds is 9. The molecule has 1 aromatic carbocycles. The first kappa shape index (κ1) is 22.9. The molecule has 4 aromatic rings. The summed E-state index contributed by atoms with van der Waals surface area (Å²) in [6.45, 7) is 1.17. The van der Waals surface area contributed by atoms with Crippen LogP contribution in [-0.4, -0.2) is 30.0 Å². The maximum absolute atomic E-state index is 13.1. The Hall–Kier alpha value is -4.21. The van der Waals surface area contributed by atoms with Crippen molar-refractivity contribution in [1.82, 2.24) is 29.4 Å². The van der Waals surface area contributed by atoms with Crippen molar-refractivity contribution in [3.05, 3.63) is 74.6 Å². The lowest BCUT2D eigenvalue weighted by molar-refractivity contribution is -0.122. The molecule has 3 fully saturated rings. The Labute approximate surface area is 218 Å². The highest BCUT2D eigenvalue weighted by Crippen LogP contribution is 2.37. The number of H-pyrrole nitrogens is 1. The van der Waals surface area contributed by atoms with E-state index in [0.717, 1.165) is 61.0 Å². The van der Waals surface area contributed by atoms with Gasteiger partial charge in [-0.05, 0) is 61.8 Å². The zero-order valence-electron chi connectivity index (χ0n) is 20.9. The Bertz CT molecular complexity index is 1640. The van der Waals surface area contributed by atoms with E-state index in [-0.39, 0.29) is 35.2 Å². The van der Waals surface area contributed by atoms with Crippen LogP contribution in [0.3, 0.4) is 0 Å². The van der Waals surface area contributed by atoms with Gasteiger partial charge in [-0.3, -0.25) is 18.7 Å². The van der Waals surface area contributed by atoms with Gasteiger partial charge in [-0.1, -0.05) is 24.3 Å². The predicted molar refractivity (Wildman–Crippen MR) is 143 cm³/mol. The van der Waals surface area contributed by atoms with Gasteiger partial charge >= 0.3 is 5.69 Å². The molecule has 1 amide bonds. The summed E-state index contributed by atoms with van der Waals surface area (Å²) in [4.78, 5) is 50.4. The maximum atomic E-state index is 13.1. The van der Waals surface area contributed by atoms with Crippen LogP contribution in [-0.2, 0) is 17.9 Å². The largest absolute Gasteiger partial charge is 0.366 e. The molecule has 3 saturated carbocycles. The molecule has 0 spiro atoms. The molecule has 3 N–H and O–H groups in total. The quantitative estimate of drug-likeness (QED) is 0.317. The van der Waals surface area contributed by atoms with E-state index in [2.05, 4.69) is 25.6 Å². The maximum Gasteiger partial charge on any atom is 0.333 e. The van der Waals surface area contributed by atoms with Crippen molar-refractivity contribution < 1.29 is 4.79 Å². The van der Waals surface area contributed by atoms with Gasteiger partial charge in [0.2, 0.25) is 5.91 Å². The molecule has 194 valence electrons. The molecular weight excluding hydrogens is 482 g/mol. The minimum Gasteiger partial charge on any atom is -0.366 e. The fourth-order valence-electron chi connectivity index (χ4n) is 4.84. The van der Waals surface area contributed by atoms with E-state index in [1.165, 1.54) is 4.57 Å². The lowest BCUT2D eigenvalue weighted by Gasteiger charge is -2.09. The van der Waals surface area contributed by atoms with Gasteiger partial charge in [0.25, 0.3) is 5.56 Å². The third-order valence-electron chi connectivity index (χ3n) is 7.53. The molecule has 0 radical (unpaired) electrons. The number of hydrogen-bond acceptors (Lipinski definition) is 6. The SMILES string of the molecule is O=C(NCc1ccc(CNc2ccc(-c3nc4c([nH]3)c(=O)n(C3CC3)c(=O)n4C3CC3)cn2)cc1)C1CC1. The van der Waals surface area contributed by atoms with Gasteiger partial charge in [0.05, 0.1) is 0 Å². The Morgan fingerprint density at radius 2 is 1.58 bits per heavy atom. The van der Waals surface area contributed by atoms with Crippen LogP contribution < -0.4 is 21.9 Å². The van der Waals surface area contributed by atoms with Gasteiger partial charge in [-0.15, -0.1) is 0 Å². The van der Waals surface area contributed by atoms with Gasteiger partial charge in [0.15, 0.2) is 5.65 Å². The molecule has 0 saturated heterocycles. The van der Waals surface area contributed by atoms with Crippen LogP contribution in [0.1, 0.15) is 61.7 Å². The van der Waals surface area contributed by atoms with E-state index < -0.39 is 0 Å². The lowest BCUT2D eigenvalue weighted by Crippen LogP contribution is -2.39. The first-order valence-corrected chi connectivity index (χ1v) is 13.4. The number of fused-ring (bicyclic) bond motifs is 1. The van der Waals surface area contributed by atoms with Crippen LogP contribution in [0.5, 0.6) is 0 Å². The highest BCUT2D eigenvalue weighted by Gasteiger charge is 2.34. The number of aromatic nitrogens is 5. The number of hydrogen-bond donors (Lipinski definition) is 3. The molecule has 0 aliphatic heterocycles. The zero-order chi connectivity index (χ0) is 25.8. The molecule has 38 heavy (non-hydrogen) atoms. The van der Waals surface area contributed by atoms with Crippen LogP contribution in [0.2, 0.25) is 0 Å². The standard InChI is InChI=1S/C28H29N7O3/c36-26(18-5-6-18)31-14-17-3-1-16(2-4-17)13-29-22-12-7-19(15-30-22)24-32-23-25(33-24)34(20-8-9-20)28(38)35(27(23)37)21-10-11-21/h1-4,7,12,15,18,20-21H,5-6,8-11,13-14H2,(H,29,30)(H,31,36)(H,32,33). The molecule has 7 rings (SSSR count). The van der Waals surface area contributed by atoms with Crippen molar-refractivity contribution in [2.45, 2.75) is 63.7 Å². The van der Waals surface area contributed by atoms with Crippen molar-refractivity contribution in [2.24, 2.45) is 5.92 Å². The van der Waals surface area contributed by atoms with Crippen molar-refractivity contribution in [2.75, 3.05) is 5.32 Å². The third kappa shape index (κ3) is 4.40. The molecule has 3 aromatic heterocycles. The smallest absolute Gasteiger partial charge is 0.333 e. The predicted octanol–water partition coefficient (Wildman–Crippen LogP) is 3.26. The van der Waals surface area contributed by atoms with E-state index in [4.69, 9.17) is 0 Å². The van der Waals surface area contributed by atoms with Gasteiger partial charge in [-0.25, -0.2) is 14.8 Å². The van der Waals surface area contributed by atoms with Gasteiger partial charge in [0, 0.05) is 42.9 Å². The number of benzene rings is 1. The highest BCUT2D eigenvalue weighted by molar-refractivity contribution is 5.80. The number of carbonyl (C=O) groups excluding carboxylic acids is 1. The second-order valence-corrected chi connectivity index (χ2v) is 10.7. The summed E-state index contributed by atoms with van der Waals surface area (Å²) in [5, 5.41) is 6.31. The molecule has 0 unspecified atom stereocenters. The van der Waals surface area contributed by atoms with E-state index >= 15 is 0 Å². The Kier molecular flexibility index (Phi) is 5.41. The van der Waals surface area contributed by atoms with Crippen molar-refractivity contribution in [1.29, 1.82) is 0 Å². The fourth-order valence-corrected chi connectivity index (χ4v) is 4.84. The van der Waals surface area contributed by atoms with Crippen molar-refractivity contribution >= 4 is 22.9 Å². The first-order chi connectivity index (χ1) is 18.5. The van der Waals surface area contributed by atoms with Crippen LogP contribution in [0.25, 0.3) is 22.6 Å². The average molecular weight is 512 g/mol. The lowest BCUT2D eigenvalue weighted by atomic mass is 10.1. The summed E-state index contributed by atoms with van der Waals surface area (Å²) >= 11 is 0. The number of nitrogens with one attached hydrogen (secondary N) is 3. The summed E-state index contributed by atoms with van der Waals surface area (Å²) in [5.41, 5.74) is 3.23. The first-order valence-electron chi connectivity index (χ1n) is 13.4. The topological polar surface area (TPSA) is 127 Å². The fraction of sp³-hybridized carbons (Fsp3) is 0.393. The highest BCUT2D eigenvalue weighted by atomic mass is 16.2. The summed E-state index contributed by atoms with van der Waals surface area (Å²) in [5.74, 6) is 1.62. The number of amides is 1. The third-order valence-corrected chi connectivity index (χ3v) is 7.53. The Morgan fingerprint density at radius 3 is 2.21 bits per heavy atom. The number of aromatic amines is 1. The molecule has 10 nitrogen and oxygen atoms in total. The minimum absolute atomic E-state index is 0.00701. The molecular formula is C28H29N7O3.